The molecule has 1 aliphatic carbocycles. The molecule has 39 heavy (non-hydrogen) atoms. The fraction of sp³-hybridized carbons (Fsp3) is 0.400. The zero-order valence-corrected chi connectivity index (χ0v) is 23.3. The highest BCUT2D eigenvalue weighted by atomic mass is 35.5. The van der Waals surface area contributed by atoms with E-state index in [-0.39, 0.29) is 18.4 Å². The van der Waals surface area contributed by atoms with Gasteiger partial charge in [-0.2, -0.15) is 5.21 Å². The number of amides is 2. The fourth-order valence-corrected chi connectivity index (χ4v) is 7.01. The van der Waals surface area contributed by atoms with E-state index in [1.165, 1.54) is 0 Å². The van der Waals surface area contributed by atoms with E-state index in [1.54, 1.807) is 47.4 Å². The molecule has 1 saturated carbocycles. The van der Waals surface area contributed by atoms with Crippen molar-refractivity contribution in [2.75, 3.05) is 6.26 Å². The van der Waals surface area contributed by atoms with Gasteiger partial charge in [0, 0.05) is 27.7 Å². The molecule has 1 unspecified atom stereocenters. The second-order valence-corrected chi connectivity index (χ2v) is 12.4. The minimum absolute atomic E-state index is 0.0186. The van der Waals surface area contributed by atoms with Crippen molar-refractivity contribution in [3.05, 3.63) is 75.0 Å². The van der Waals surface area contributed by atoms with Crippen LogP contribution in [0.25, 0.3) is 0 Å². The standard InChI is InChI=1S/C25H27Cl2N7O4S/c1-39(37,38)31-19-8-4-5-9-20(19)34-23(17-11-10-14(26)12-18(17)27)22(15-6-2-3-7-16(15)25(34)36)24(35)28-13-21-29-32-33-30-21/h2-3,6-7,10-12,19-20,22-23,31H,4-5,8-9,13H2,1H3,(H,28,35)(H,29,30,32,33)/t19-,20?,22+,23-/m0/s1. The Morgan fingerprint density at radius 3 is 2.62 bits per heavy atom. The number of nitrogens with one attached hydrogen (secondary N) is 3. The zero-order valence-electron chi connectivity index (χ0n) is 21.0. The Kier molecular flexibility index (Phi) is 7.90. The lowest BCUT2D eigenvalue weighted by Gasteiger charge is -2.49. The van der Waals surface area contributed by atoms with Gasteiger partial charge in [-0.05, 0) is 42.2 Å². The number of sulfonamides is 1. The third-order valence-electron chi connectivity index (χ3n) is 7.20. The summed E-state index contributed by atoms with van der Waals surface area (Å²) in [4.78, 5) is 29.8. The third-order valence-corrected chi connectivity index (χ3v) is 8.50. The molecule has 3 N–H and O–H groups in total. The monoisotopic (exact) mass is 591 g/mol. The van der Waals surface area contributed by atoms with Gasteiger partial charge in [-0.3, -0.25) is 9.59 Å². The number of H-pyrrole nitrogens is 1. The molecule has 0 saturated heterocycles. The van der Waals surface area contributed by atoms with Crippen molar-refractivity contribution in [3.8, 4) is 0 Å². The Morgan fingerprint density at radius 2 is 1.90 bits per heavy atom. The smallest absolute Gasteiger partial charge is 0.255 e. The summed E-state index contributed by atoms with van der Waals surface area (Å²) in [6.07, 6.45) is 3.82. The molecule has 0 radical (unpaired) electrons. The lowest BCUT2D eigenvalue weighted by Crippen LogP contribution is -2.59. The maximum absolute atomic E-state index is 14.2. The zero-order chi connectivity index (χ0) is 27.7. The van der Waals surface area contributed by atoms with Crippen molar-refractivity contribution in [2.45, 2.75) is 56.3 Å². The molecule has 0 bridgehead atoms. The predicted molar refractivity (Wildman–Crippen MR) is 145 cm³/mol. The SMILES string of the molecule is CS(=O)(=O)N[C@H]1CCCCC1N1C(=O)c2ccccc2[C@@H](C(=O)NCc2nn[nH]n2)[C@@H]1c1ccc(Cl)cc1Cl. The third kappa shape index (κ3) is 5.79. The van der Waals surface area contributed by atoms with Gasteiger partial charge in [0.1, 0.15) is 0 Å². The summed E-state index contributed by atoms with van der Waals surface area (Å²) in [5.74, 6) is -1.24. The number of carbonyl (C=O) groups is 2. The van der Waals surface area contributed by atoms with E-state index in [1.807, 2.05) is 0 Å². The van der Waals surface area contributed by atoms with Gasteiger partial charge in [0.15, 0.2) is 5.82 Å². The highest BCUT2D eigenvalue weighted by Crippen LogP contribution is 2.47. The van der Waals surface area contributed by atoms with Crippen LogP contribution in [0.15, 0.2) is 42.5 Å². The van der Waals surface area contributed by atoms with E-state index in [4.69, 9.17) is 23.2 Å². The largest absolute Gasteiger partial charge is 0.348 e. The first-order valence-corrected chi connectivity index (χ1v) is 15.1. The van der Waals surface area contributed by atoms with Crippen molar-refractivity contribution in [2.24, 2.45) is 0 Å². The van der Waals surface area contributed by atoms with Crippen molar-refractivity contribution in [1.82, 2.24) is 35.6 Å². The molecule has 1 fully saturated rings. The molecule has 1 aliphatic heterocycles. The molecule has 14 heteroatoms. The number of nitrogens with zero attached hydrogens (tertiary/aromatic N) is 4. The summed E-state index contributed by atoms with van der Waals surface area (Å²) in [7, 11) is -3.57. The number of benzene rings is 2. The van der Waals surface area contributed by atoms with Crippen LogP contribution in [0.3, 0.4) is 0 Å². The van der Waals surface area contributed by atoms with Gasteiger partial charge >= 0.3 is 0 Å². The Morgan fingerprint density at radius 1 is 1.13 bits per heavy atom. The number of hydrogen-bond donors (Lipinski definition) is 3. The normalized spacial score (nSPS) is 23.4. The Balaban J connectivity index is 1.66. The van der Waals surface area contributed by atoms with Crippen molar-refractivity contribution in [1.29, 1.82) is 0 Å². The predicted octanol–water partition coefficient (Wildman–Crippen LogP) is 2.96. The average Bonchev–Trinajstić information content (AvgIpc) is 3.41. The Bertz CT molecular complexity index is 1490. The average molecular weight is 593 g/mol. The molecular weight excluding hydrogens is 565 g/mol. The molecule has 2 aromatic carbocycles. The maximum atomic E-state index is 14.2. The van der Waals surface area contributed by atoms with Crippen LogP contribution >= 0.6 is 23.2 Å². The summed E-state index contributed by atoms with van der Waals surface area (Å²) in [5.41, 5.74) is 1.46. The number of tetrazole rings is 1. The summed E-state index contributed by atoms with van der Waals surface area (Å²) in [5, 5.41) is 17.2. The van der Waals surface area contributed by atoms with E-state index in [2.05, 4.69) is 30.7 Å². The minimum atomic E-state index is -3.57. The van der Waals surface area contributed by atoms with Crippen molar-refractivity contribution < 1.29 is 18.0 Å². The summed E-state index contributed by atoms with van der Waals surface area (Å²) in [6.45, 7) is 0.0186. The number of aromatic nitrogens is 4. The molecule has 3 aromatic rings. The van der Waals surface area contributed by atoms with Crippen molar-refractivity contribution in [3.63, 3.8) is 0 Å². The molecule has 5 rings (SSSR count). The molecule has 4 atom stereocenters. The summed E-state index contributed by atoms with van der Waals surface area (Å²) < 4.78 is 27.3. The van der Waals surface area contributed by atoms with E-state index in [9.17, 15) is 18.0 Å². The Labute approximate surface area is 235 Å². The minimum Gasteiger partial charge on any atom is -0.348 e. The maximum Gasteiger partial charge on any atom is 0.255 e. The number of halogens is 2. The molecule has 11 nitrogen and oxygen atoms in total. The molecular formula is C25H27Cl2N7O4S. The van der Waals surface area contributed by atoms with Crippen LogP contribution in [-0.2, 0) is 21.4 Å². The summed E-state index contributed by atoms with van der Waals surface area (Å²) >= 11 is 12.9. The van der Waals surface area contributed by atoms with Gasteiger partial charge in [-0.25, -0.2) is 13.1 Å². The first-order chi connectivity index (χ1) is 18.6. The molecule has 1 aromatic heterocycles. The van der Waals surface area contributed by atoms with Crippen LogP contribution < -0.4 is 10.0 Å². The lowest BCUT2D eigenvalue weighted by molar-refractivity contribution is -0.124. The fourth-order valence-electron chi connectivity index (χ4n) is 5.66. The number of fused-ring (bicyclic) bond motifs is 1. The molecule has 2 aliphatic rings. The molecule has 2 heterocycles. The van der Waals surface area contributed by atoms with Crippen LogP contribution in [0.2, 0.25) is 10.0 Å². The molecule has 206 valence electrons. The van der Waals surface area contributed by atoms with Crippen molar-refractivity contribution >= 4 is 45.0 Å². The Hall–Kier alpha value is -3.06. The van der Waals surface area contributed by atoms with E-state index in [0.717, 1.165) is 19.1 Å². The first kappa shape index (κ1) is 27.5. The number of aromatic amines is 1. The summed E-state index contributed by atoms with van der Waals surface area (Å²) in [6, 6.07) is 10.0. The van der Waals surface area contributed by atoms with Crippen LogP contribution in [0.4, 0.5) is 0 Å². The van der Waals surface area contributed by atoms with Crippen LogP contribution in [0.1, 0.15) is 65.0 Å². The van der Waals surface area contributed by atoms with Gasteiger partial charge < -0.3 is 10.2 Å². The van der Waals surface area contributed by atoms with Gasteiger partial charge in [-0.15, -0.1) is 10.2 Å². The van der Waals surface area contributed by atoms with Gasteiger partial charge in [0.25, 0.3) is 5.91 Å². The number of rotatable bonds is 7. The highest BCUT2D eigenvalue weighted by Gasteiger charge is 2.49. The number of hydrogen-bond acceptors (Lipinski definition) is 7. The molecule has 0 spiro atoms. The van der Waals surface area contributed by atoms with Crippen LogP contribution in [0.5, 0.6) is 0 Å². The second kappa shape index (κ2) is 11.2. The quantitative estimate of drug-likeness (QED) is 0.382. The molecule has 2 amide bonds. The topological polar surface area (TPSA) is 150 Å². The van der Waals surface area contributed by atoms with E-state index >= 15 is 0 Å². The highest BCUT2D eigenvalue weighted by molar-refractivity contribution is 7.88. The van der Waals surface area contributed by atoms with Gasteiger partial charge in [0.2, 0.25) is 15.9 Å². The lowest BCUT2D eigenvalue weighted by atomic mass is 9.76. The second-order valence-electron chi connectivity index (χ2n) is 9.78. The van der Waals surface area contributed by atoms with Gasteiger partial charge in [0.05, 0.1) is 24.8 Å². The first-order valence-electron chi connectivity index (χ1n) is 12.5. The van der Waals surface area contributed by atoms with Crippen LogP contribution in [0, 0.1) is 0 Å². The van der Waals surface area contributed by atoms with Crippen LogP contribution in [-0.4, -0.2) is 64.1 Å². The number of carbonyl (C=O) groups excluding carboxylic acids is 2. The van der Waals surface area contributed by atoms with Gasteiger partial charge in [-0.1, -0.05) is 65.5 Å². The van der Waals surface area contributed by atoms with E-state index in [0.29, 0.717) is 45.4 Å². The van der Waals surface area contributed by atoms with E-state index < -0.39 is 34.1 Å².